The maximum absolute atomic E-state index is 13.7. The van der Waals surface area contributed by atoms with Gasteiger partial charge in [0.15, 0.2) is 5.65 Å². The van der Waals surface area contributed by atoms with Gasteiger partial charge in [-0.15, -0.1) is 0 Å². The van der Waals surface area contributed by atoms with Crippen LogP contribution in [-0.2, 0) is 13.2 Å². The van der Waals surface area contributed by atoms with Gasteiger partial charge in [-0.1, -0.05) is 0 Å². The third-order valence-electron chi connectivity index (χ3n) is 5.58. The number of halogens is 4. The second-order valence-electron chi connectivity index (χ2n) is 7.95. The van der Waals surface area contributed by atoms with E-state index in [-0.39, 0.29) is 16.8 Å². The Hall–Kier alpha value is -4.35. The van der Waals surface area contributed by atoms with Crippen molar-refractivity contribution in [3.8, 4) is 11.4 Å². The van der Waals surface area contributed by atoms with Crippen molar-refractivity contribution < 1.29 is 22.4 Å². The summed E-state index contributed by atoms with van der Waals surface area (Å²) >= 11 is 0. The first-order valence-corrected chi connectivity index (χ1v) is 10.4. The molecule has 0 radical (unpaired) electrons. The van der Waals surface area contributed by atoms with E-state index in [1.807, 2.05) is 0 Å². The molecule has 0 spiro atoms. The smallest absolute Gasteiger partial charge is 0.344 e. The highest BCUT2D eigenvalue weighted by Crippen LogP contribution is 2.31. The molecule has 178 valence electrons. The average molecular weight is 483 g/mol. The Balaban J connectivity index is 1.47. The number of pyridine rings is 1. The molecule has 35 heavy (non-hydrogen) atoms. The zero-order valence-corrected chi connectivity index (χ0v) is 18.4. The number of hydrogen-bond donors (Lipinski definition) is 2. The number of alkyl halides is 3. The Morgan fingerprint density at radius 2 is 1.97 bits per heavy atom. The zero-order chi connectivity index (χ0) is 24.9. The molecule has 1 amide bonds. The molecule has 0 aliphatic rings. The molecule has 1 atom stereocenters. The fourth-order valence-corrected chi connectivity index (χ4v) is 3.81. The molecular weight excluding hydrogens is 466 g/mol. The third-order valence-corrected chi connectivity index (χ3v) is 5.58. The van der Waals surface area contributed by atoms with Crippen LogP contribution in [0.15, 0.2) is 48.9 Å². The van der Waals surface area contributed by atoms with Gasteiger partial charge in [0.2, 0.25) is 0 Å². The lowest BCUT2D eigenvalue weighted by Gasteiger charge is -2.15. The van der Waals surface area contributed by atoms with E-state index in [2.05, 4.69) is 30.4 Å². The number of aromatic amines is 1. The molecule has 0 aliphatic carbocycles. The maximum atomic E-state index is 13.7. The fraction of sp³-hybridized carbons (Fsp3) is 0.174. The number of rotatable bonds is 4. The molecule has 0 saturated heterocycles. The minimum Gasteiger partial charge on any atom is -0.344 e. The Kier molecular flexibility index (Phi) is 5.23. The Bertz CT molecular complexity index is 1590. The topological polar surface area (TPSA) is 101 Å². The molecule has 4 heterocycles. The van der Waals surface area contributed by atoms with Gasteiger partial charge in [-0.3, -0.25) is 14.5 Å². The summed E-state index contributed by atoms with van der Waals surface area (Å²) in [4.78, 5) is 28.7. The van der Waals surface area contributed by atoms with Gasteiger partial charge in [-0.05, 0) is 37.3 Å². The molecule has 1 aromatic carbocycles. The normalized spacial score (nSPS) is 12.9. The van der Waals surface area contributed by atoms with E-state index in [0.717, 1.165) is 18.3 Å². The van der Waals surface area contributed by atoms with Gasteiger partial charge < -0.3 is 10.3 Å². The summed E-state index contributed by atoms with van der Waals surface area (Å²) in [6.07, 6.45) is -0.568. The van der Waals surface area contributed by atoms with Crippen molar-refractivity contribution in [1.82, 2.24) is 35.0 Å². The minimum atomic E-state index is -4.52. The van der Waals surface area contributed by atoms with Crippen molar-refractivity contribution in [3.63, 3.8) is 0 Å². The summed E-state index contributed by atoms with van der Waals surface area (Å²) in [6.45, 7) is 1.53. The van der Waals surface area contributed by atoms with E-state index < -0.39 is 29.5 Å². The maximum Gasteiger partial charge on any atom is 0.416 e. The van der Waals surface area contributed by atoms with Gasteiger partial charge in [0, 0.05) is 24.8 Å². The van der Waals surface area contributed by atoms with Gasteiger partial charge in [-0.2, -0.15) is 18.3 Å². The largest absolute Gasteiger partial charge is 0.416 e. The van der Waals surface area contributed by atoms with E-state index in [0.29, 0.717) is 27.9 Å². The molecule has 12 heteroatoms. The van der Waals surface area contributed by atoms with E-state index in [9.17, 15) is 22.4 Å². The van der Waals surface area contributed by atoms with Gasteiger partial charge in [0.1, 0.15) is 22.7 Å². The number of aromatic nitrogens is 6. The first-order chi connectivity index (χ1) is 16.6. The van der Waals surface area contributed by atoms with Crippen LogP contribution in [-0.4, -0.2) is 35.6 Å². The fourth-order valence-electron chi connectivity index (χ4n) is 3.81. The molecule has 0 saturated carbocycles. The number of carbonyl (C=O) groups excluding carboxylic acids is 1. The highest BCUT2D eigenvalue weighted by atomic mass is 19.4. The van der Waals surface area contributed by atoms with Crippen LogP contribution in [0, 0.1) is 5.82 Å². The van der Waals surface area contributed by atoms with Crippen LogP contribution in [0.4, 0.5) is 17.6 Å². The zero-order valence-electron chi connectivity index (χ0n) is 18.4. The molecule has 0 fully saturated rings. The molecular formula is C23H17F4N7O. The summed E-state index contributed by atoms with van der Waals surface area (Å²) in [5, 5.41) is 7.73. The molecule has 0 bridgehead atoms. The number of hydrogen-bond acceptors (Lipinski definition) is 5. The molecule has 5 rings (SSSR count). The van der Waals surface area contributed by atoms with Gasteiger partial charge >= 0.3 is 6.18 Å². The highest BCUT2D eigenvalue weighted by Gasteiger charge is 2.31. The standard InChI is InChI=1S/C23H17F4N7O/c1-11(16-7-12(5-6-28-16)23(25,26)27)31-22(35)15-9-29-21-20(15)32-17(10-30-21)19-14-4-3-13(24)8-18(14)34(2)33-19/h3-11H,1-2H3,(H,29,30)(H,31,35)/t11-/m1/s1. The summed E-state index contributed by atoms with van der Waals surface area (Å²) in [5.41, 5.74) is 1.36. The number of fused-ring (bicyclic) bond motifs is 2. The van der Waals surface area contributed by atoms with Crippen molar-refractivity contribution >= 4 is 28.0 Å². The van der Waals surface area contributed by atoms with E-state index in [4.69, 9.17) is 0 Å². The highest BCUT2D eigenvalue weighted by molar-refractivity contribution is 6.05. The van der Waals surface area contributed by atoms with Crippen LogP contribution in [0.5, 0.6) is 0 Å². The number of aryl methyl sites for hydroxylation is 1. The Morgan fingerprint density at radius 3 is 2.74 bits per heavy atom. The van der Waals surface area contributed by atoms with Crippen molar-refractivity contribution in [2.24, 2.45) is 7.05 Å². The van der Waals surface area contributed by atoms with Crippen molar-refractivity contribution in [2.75, 3.05) is 0 Å². The van der Waals surface area contributed by atoms with Gasteiger partial charge in [0.25, 0.3) is 5.91 Å². The second kappa shape index (κ2) is 8.15. The first kappa shape index (κ1) is 22.4. The summed E-state index contributed by atoms with van der Waals surface area (Å²) < 4.78 is 54.3. The van der Waals surface area contributed by atoms with Gasteiger partial charge in [-0.25, -0.2) is 14.4 Å². The predicted molar refractivity (Wildman–Crippen MR) is 119 cm³/mol. The lowest BCUT2D eigenvalue weighted by atomic mass is 10.1. The summed E-state index contributed by atoms with van der Waals surface area (Å²) in [6, 6.07) is 5.22. The molecule has 2 N–H and O–H groups in total. The number of amides is 1. The van der Waals surface area contributed by atoms with Crippen LogP contribution in [0.25, 0.3) is 33.5 Å². The van der Waals surface area contributed by atoms with Crippen molar-refractivity contribution in [3.05, 3.63) is 71.6 Å². The predicted octanol–water partition coefficient (Wildman–Crippen LogP) is 4.56. The Morgan fingerprint density at radius 1 is 1.17 bits per heavy atom. The van der Waals surface area contributed by atoms with Crippen LogP contribution >= 0.6 is 0 Å². The van der Waals surface area contributed by atoms with Crippen LogP contribution < -0.4 is 5.32 Å². The van der Waals surface area contributed by atoms with Crippen LogP contribution in [0.1, 0.15) is 34.6 Å². The molecule has 0 unspecified atom stereocenters. The Labute approximate surface area is 195 Å². The monoisotopic (exact) mass is 483 g/mol. The summed E-state index contributed by atoms with van der Waals surface area (Å²) in [7, 11) is 1.68. The number of H-pyrrole nitrogens is 1. The molecule has 8 nitrogen and oxygen atoms in total. The first-order valence-electron chi connectivity index (χ1n) is 10.4. The van der Waals surface area contributed by atoms with E-state index in [1.54, 1.807) is 13.1 Å². The molecule has 0 aliphatic heterocycles. The number of nitrogens with zero attached hydrogens (tertiary/aromatic N) is 5. The van der Waals surface area contributed by atoms with E-state index >= 15 is 0 Å². The quantitative estimate of drug-likeness (QED) is 0.365. The van der Waals surface area contributed by atoms with Crippen molar-refractivity contribution in [1.29, 1.82) is 0 Å². The van der Waals surface area contributed by atoms with Crippen LogP contribution in [0.3, 0.4) is 0 Å². The average Bonchev–Trinajstić information content (AvgIpc) is 3.39. The lowest BCUT2D eigenvalue weighted by molar-refractivity contribution is -0.137. The second-order valence-corrected chi connectivity index (χ2v) is 7.95. The summed E-state index contributed by atoms with van der Waals surface area (Å²) in [5.74, 6) is -0.968. The SMILES string of the molecule is C[C@@H](NC(=O)c1c[nH]c2ncc(-c3nn(C)c4cc(F)ccc34)nc12)c1cc(C(F)(F)F)ccn1. The van der Waals surface area contributed by atoms with Crippen molar-refractivity contribution in [2.45, 2.75) is 19.1 Å². The number of benzene rings is 1. The molecule has 4 aromatic heterocycles. The van der Waals surface area contributed by atoms with Crippen LogP contribution in [0.2, 0.25) is 0 Å². The number of nitrogens with one attached hydrogen (secondary N) is 2. The molecule has 5 aromatic rings. The lowest BCUT2D eigenvalue weighted by Crippen LogP contribution is -2.27. The minimum absolute atomic E-state index is 0.0620. The third kappa shape index (κ3) is 4.07. The van der Waals surface area contributed by atoms with Gasteiger partial charge in [0.05, 0.1) is 34.6 Å². The van der Waals surface area contributed by atoms with E-state index in [1.165, 1.54) is 36.1 Å². The number of carbonyl (C=O) groups is 1.